The van der Waals surface area contributed by atoms with E-state index in [9.17, 15) is 8.42 Å². The Balaban J connectivity index is 1.12. The lowest BCUT2D eigenvalue weighted by Gasteiger charge is -2.37. The molecule has 0 unspecified atom stereocenters. The van der Waals surface area contributed by atoms with Crippen LogP contribution < -0.4 is 9.50 Å². The van der Waals surface area contributed by atoms with Gasteiger partial charge in [-0.25, -0.2) is 0 Å². The topological polar surface area (TPSA) is 67.8 Å². The molecule has 190 valence electrons. The number of fused-ring (bicyclic) bond motifs is 3. The fourth-order valence-corrected chi connectivity index (χ4v) is 6.21. The monoisotopic (exact) mass is 520 g/mol. The Hall–Kier alpha value is -4.16. The van der Waals surface area contributed by atoms with E-state index in [4.69, 9.17) is 4.18 Å². The van der Waals surface area contributed by atoms with Gasteiger partial charge in [0.2, 0.25) is 0 Å². The Labute approximate surface area is 223 Å². The summed E-state index contributed by atoms with van der Waals surface area (Å²) in [5, 5.41) is 3.76. The van der Waals surface area contributed by atoms with Crippen LogP contribution in [0.4, 0.5) is 11.4 Å². The van der Waals surface area contributed by atoms with Crippen molar-refractivity contribution in [3.05, 3.63) is 131 Å². The number of nitrogens with zero attached hydrogens (tertiary/aromatic N) is 1. The van der Waals surface area contributed by atoms with Crippen molar-refractivity contribution in [2.45, 2.75) is 30.2 Å². The molecule has 1 heterocycles. The number of hydrogen-bond acceptors (Lipinski definition) is 5. The van der Waals surface area contributed by atoms with E-state index in [-0.39, 0.29) is 16.7 Å². The van der Waals surface area contributed by atoms with Crippen LogP contribution in [0, 0.1) is 12.8 Å². The summed E-state index contributed by atoms with van der Waals surface area (Å²) in [5.74, 6) is 1.22. The molecule has 0 saturated carbocycles. The first-order valence-electron chi connectivity index (χ1n) is 12.7. The maximum absolute atomic E-state index is 12.5. The second-order valence-electron chi connectivity index (χ2n) is 9.83. The molecule has 1 N–H and O–H groups in total. The molecule has 0 spiro atoms. The predicted molar refractivity (Wildman–Crippen MR) is 152 cm³/mol. The first kappa shape index (κ1) is 24.2. The fraction of sp³-hybridized carbons (Fsp3) is 0.156. The van der Waals surface area contributed by atoms with Gasteiger partial charge in [-0.15, -0.1) is 0 Å². The van der Waals surface area contributed by atoms with Crippen LogP contribution in [0.3, 0.4) is 0 Å². The van der Waals surface area contributed by atoms with Crippen molar-refractivity contribution in [1.82, 2.24) is 0 Å². The second kappa shape index (κ2) is 9.95. The number of anilines is 1. The summed E-state index contributed by atoms with van der Waals surface area (Å²) in [7, 11) is -3.88. The summed E-state index contributed by atoms with van der Waals surface area (Å²) in [4.78, 5) is 4.74. The highest BCUT2D eigenvalue weighted by Crippen LogP contribution is 2.49. The molecule has 2 aliphatic rings. The summed E-state index contributed by atoms with van der Waals surface area (Å²) < 4.78 is 30.3. The van der Waals surface area contributed by atoms with Crippen molar-refractivity contribution in [3.8, 4) is 5.75 Å². The van der Waals surface area contributed by atoms with E-state index in [2.05, 4.69) is 58.9 Å². The molecular weight excluding hydrogens is 492 g/mol. The molecule has 1 aliphatic heterocycles. The van der Waals surface area contributed by atoms with Gasteiger partial charge in [-0.3, -0.25) is 4.99 Å². The number of rotatable bonds is 6. The van der Waals surface area contributed by atoms with Crippen molar-refractivity contribution in [3.63, 3.8) is 0 Å². The van der Waals surface area contributed by atoms with Crippen molar-refractivity contribution < 1.29 is 12.6 Å². The molecule has 6 rings (SSSR count). The third kappa shape index (κ3) is 4.87. The van der Waals surface area contributed by atoms with Gasteiger partial charge >= 0.3 is 10.1 Å². The van der Waals surface area contributed by atoms with Gasteiger partial charge in [0.25, 0.3) is 0 Å². The molecular formula is C32H28N2O3S. The number of hydrogen-bond donors (Lipinski definition) is 1. The van der Waals surface area contributed by atoms with Crippen LogP contribution in [0.2, 0.25) is 0 Å². The SMILES string of the molecule is Cc1ccc(S(=O)(=O)Oc2ccc(C=Nc3ccc([C@@H]4Nc5ccccc5[C@H]5C=CC[C@H]54)cc3)cc2)cc1. The van der Waals surface area contributed by atoms with Gasteiger partial charge in [-0.1, -0.05) is 60.2 Å². The van der Waals surface area contributed by atoms with Crippen molar-refractivity contribution in [2.24, 2.45) is 10.9 Å². The van der Waals surface area contributed by atoms with Crippen LogP contribution >= 0.6 is 0 Å². The third-order valence-electron chi connectivity index (χ3n) is 7.28. The quantitative estimate of drug-likeness (QED) is 0.164. The van der Waals surface area contributed by atoms with Gasteiger partial charge in [-0.2, -0.15) is 8.42 Å². The van der Waals surface area contributed by atoms with Crippen LogP contribution in [0.5, 0.6) is 5.75 Å². The molecule has 4 aromatic carbocycles. The lowest BCUT2D eigenvalue weighted by Crippen LogP contribution is -2.28. The van der Waals surface area contributed by atoms with E-state index < -0.39 is 10.1 Å². The summed E-state index contributed by atoms with van der Waals surface area (Å²) in [5.41, 5.74) is 6.54. The molecule has 0 aromatic heterocycles. The highest BCUT2D eigenvalue weighted by molar-refractivity contribution is 7.87. The smallest absolute Gasteiger partial charge is 0.339 e. The van der Waals surface area contributed by atoms with E-state index in [0.29, 0.717) is 11.8 Å². The molecule has 0 amide bonds. The van der Waals surface area contributed by atoms with E-state index in [0.717, 1.165) is 23.2 Å². The average molecular weight is 521 g/mol. The number of nitrogens with one attached hydrogen (secondary N) is 1. The van der Waals surface area contributed by atoms with Crippen molar-refractivity contribution in [2.75, 3.05) is 5.32 Å². The number of allylic oxidation sites excluding steroid dienone is 2. The highest BCUT2D eigenvalue weighted by Gasteiger charge is 2.37. The maximum Gasteiger partial charge on any atom is 0.339 e. The van der Waals surface area contributed by atoms with Crippen LogP contribution in [0.25, 0.3) is 0 Å². The zero-order valence-electron chi connectivity index (χ0n) is 21.0. The third-order valence-corrected chi connectivity index (χ3v) is 8.54. The summed E-state index contributed by atoms with van der Waals surface area (Å²) in [6.45, 7) is 1.90. The summed E-state index contributed by atoms with van der Waals surface area (Å²) in [6, 6.07) is 30.7. The number of aryl methyl sites for hydroxylation is 1. The minimum absolute atomic E-state index is 0.129. The largest absolute Gasteiger partial charge is 0.379 e. The fourth-order valence-electron chi connectivity index (χ4n) is 5.28. The van der Waals surface area contributed by atoms with E-state index in [1.165, 1.54) is 16.8 Å². The number of para-hydroxylation sites is 1. The Morgan fingerprint density at radius 3 is 2.39 bits per heavy atom. The minimum Gasteiger partial charge on any atom is -0.379 e. The van der Waals surface area contributed by atoms with Gasteiger partial charge in [0.1, 0.15) is 10.6 Å². The molecule has 4 aromatic rings. The van der Waals surface area contributed by atoms with Gasteiger partial charge in [-0.05, 0) is 90.6 Å². The molecule has 5 nitrogen and oxygen atoms in total. The predicted octanol–water partition coefficient (Wildman–Crippen LogP) is 7.34. The Morgan fingerprint density at radius 1 is 0.895 bits per heavy atom. The van der Waals surface area contributed by atoms with Crippen LogP contribution in [-0.4, -0.2) is 14.6 Å². The van der Waals surface area contributed by atoms with E-state index in [1.54, 1.807) is 54.7 Å². The summed E-state index contributed by atoms with van der Waals surface area (Å²) >= 11 is 0. The van der Waals surface area contributed by atoms with E-state index in [1.807, 2.05) is 19.1 Å². The van der Waals surface area contributed by atoms with Crippen LogP contribution in [0.1, 0.15) is 40.6 Å². The Bertz CT molecular complexity index is 1610. The Kier molecular flexibility index (Phi) is 6.34. The molecule has 0 saturated heterocycles. The molecule has 1 aliphatic carbocycles. The first-order chi connectivity index (χ1) is 18.5. The average Bonchev–Trinajstić information content (AvgIpc) is 3.43. The van der Waals surface area contributed by atoms with E-state index >= 15 is 0 Å². The standard InChI is InChI=1S/C32H28N2O3S/c1-22-9-19-27(20-10-22)38(35,36)37-26-17-11-23(12-18-26)21-33-25-15-13-24(14-16-25)32-30-7-4-6-28(30)29-5-2-3-8-31(29)34-32/h2-6,8-21,28,30,32,34H,7H2,1H3/t28-,30-,32+/m1/s1. The molecule has 3 atom stereocenters. The molecule has 0 radical (unpaired) electrons. The zero-order valence-corrected chi connectivity index (χ0v) is 21.8. The van der Waals surface area contributed by atoms with Crippen molar-refractivity contribution in [1.29, 1.82) is 0 Å². The summed E-state index contributed by atoms with van der Waals surface area (Å²) in [6.07, 6.45) is 7.49. The lowest BCUT2D eigenvalue weighted by molar-refractivity contribution is 0.425. The first-order valence-corrected chi connectivity index (χ1v) is 14.1. The minimum atomic E-state index is -3.88. The normalized spacial score (nSPS) is 20.1. The highest BCUT2D eigenvalue weighted by atomic mass is 32.2. The van der Waals surface area contributed by atoms with Crippen LogP contribution in [0.15, 0.2) is 119 Å². The number of aliphatic imine (C=N–C) groups is 1. The Morgan fingerprint density at radius 2 is 1.63 bits per heavy atom. The van der Waals surface area contributed by atoms with Gasteiger partial charge in [0.15, 0.2) is 0 Å². The number of benzene rings is 4. The van der Waals surface area contributed by atoms with Gasteiger partial charge < -0.3 is 9.50 Å². The van der Waals surface area contributed by atoms with Crippen molar-refractivity contribution >= 4 is 27.7 Å². The molecule has 0 bridgehead atoms. The van der Waals surface area contributed by atoms with Gasteiger partial charge in [0, 0.05) is 17.8 Å². The van der Waals surface area contributed by atoms with Crippen LogP contribution in [-0.2, 0) is 10.1 Å². The zero-order chi connectivity index (χ0) is 26.1. The lowest BCUT2D eigenvalue weighted by atomic mass is 9.77. The van der Waals surface area contributed by atoms with Gasteiger partial charge in [0.05, 0.1) is 11.7 Å². The maximum atomic E-state index is 12.5. The molecule has 38 heavy (non-hydrogen) atoms. The molecule has 0 fully saturated rings. The second-order valence-corrected chi connectivity index (χ2v) is 11.4. The molecule has 6 heteroatoms.